The Morgan fingerprint density at radius 3 is 2.74 bits per heavy atom. The first-order valence-corrected chi connectivity index (χ1v) is 10.6. The van der Waals surface area contributed by atoms with Crippen molar-refractivity contribution in [3.05, 3.63) is 65.1 Å². The van der Waals surface area contributed by atoms with Gasteiger partial charge in [0.1, 0.15) is 18.1 Å². The molecule has 2 aromatic carbocycles. The Hall–Kier alpha value is -3.23. The summed E-state index contributed by atoms with van der Waals surface area (Å²) in [7, 11) is 0. The molecule has 31 heavy (non-hydrogen) atoms. The van der Waals surface area contributed by atoms with E-state index >= 15 is 0 Å². The van der Waals surface area contributed by atoms with Crippen molar-refractivity contribution in [2.45, 2.75) is 6.04 Å². The summed E-state index contributed by atoms with van der Waals surface area (Å²) in [5.74, 6) is 0.800. The lowest BCUT2D eigenvalue weighted by Gasteiger charge is -2.08. The molecule has 0 radical (unpaired) electrons. The van der Waals surface area contributed by atoms with Crippen LogP contribution in [0, 0.1) is 17.7 Å². The predicted octanol–water partition coefficient (Wildman–Crippen LogP) is 2.14. The number of carbonyl (C=O) groups excluding carboxylic acids is 1. The maximum Gasteiger partial charge on any atom is 0.258 e. The molecule has 158 valence electrons. The number of halogens is 1. The van der Waals surface area contributed by atoms with Gasteiger partial charge >= 0.3 is 0 Å². The summed E-state index contributed by atoms with van der Waals surface area (Å²) in [5.41, 5.74) is 4.22. The van der Waals surface area contributed by atoms with Gasteiger partial charge < -0.3 is 26.1 Å². The number of piperidine rings is 1. The van der Waals surface area contributed by atoms with E-state index in [2.05, 4.69) is 26.4 Å². The number of hydrogen-bond acceptors (Lipinski definition) is 6. The third-order valence-electron chi connectivity index (χ3n) is 6.48. The van der Waals surface area contributed by atoms with E-state index in [1.165, 1.54) is 12.1 Å². The number of rotatable bonds is 5. The average molecular weight is 419 g/mol. The van der Waals surface area contributed by atoms with Crippen molar-refractivity contribution in [3.8, 4) is 0 Å². The lowest BCUT2D eigenvalue weighted by molar-refractivity contribution is -0.110. The number of oxime groups is 1. The molecule has 1 saturated heterocycles. The van der Waals surface area contributed by atoms with Crippen LogP contribution in [0.3, 0.4) is 0 Å². The second kappa shape index (κ2) is 7.18. The molecule has 0 aromatic heterocycles. The van der Waals surface area contributed by atoms with Crippen LogP contribution in [0.4, 0.5) is 15.8 Å². The van der Waals surface area contributed by atoms with Crippen LogP contribution in [0.2, 0.25) is 0 Å². The van der Waals surface area contributed by atoms with Gasteiger partial charge in [-0.3, -0.25) is 4.79 Å². The van der Waals surface area contributed by atoms with Gasteiger partial charge in [-0.15, -0.1) is 0 Å². The quantitative estimate of drug-likeness (QED) is 0.339. The van der Waals surface area contributed by atoms with Gasteiger partial charge in [0.15, 0.2) is 0 Å². The highest BCUT2D eigenvalue weighted by Crippen LogP contribution is 2.41. The van der Waals surface area contributed by atoms with E-state index in [-0.39, 0.29) is 5.91 Å². The first-order valence-electron chi connectivity index (χ1n) is 10.6. The molecule has 7 nitrogen and oxygen atoms in total. The lowest BCUT2D eigenvalue weighted by Crippen LogP contribution is -2.29. The fraction of sp³-hybridized carbons (Fsp3) is 0.304. The van der Waals surface area contributed by atoms with E-state index in [1.807, 2.05) is 24.3 Å². The van der Waals surface area contributed by atoms with Crippen LogP contribution < -0.4 is 21.3 Å². The summed E-state index contributed by atoms with van der Waals surface area (Å²) in [6.45, 7) is 3.32. The van der Waals surface area contributed by atoms with E-state index in [0.29, 0.717) is 47.4 Å². The number of amides is 1. The first kappa shape index (κ1) is 18.5. The minimum absolute atomic E-state index is 0.292. The van der Waals surface area contributed by atoms with Gasteiger partial charge in [-0.25, -0.2) is 4.39 Å². The van der Waals surface area contributed by atoms with E-state index < -0.39 is 5.82 Å². The Morgan fingerprint density at radius 2 is 1.87 bits per heavy atom. The molecule has 3 atom stereocenters. The van der Waals surface area contributed by atoms with Crippen molar-refractivity contribution in [2.24, 2.45) is 17.0 Å². The number of benzene rings is 2. The first-order chi connectivity index (χ1) is 15.2. The van der Waals surface area contributed by atoms with Crippen LogP contribution in [0.15, 0.2) is 53.3 Å². The maximum atomic E-state index is 13.9. The smallest absolute Gasteiger partial charge is 0.258 e. The molecule has 2 aromatic rings. The number of anilines is 2. The third-order valence-corrected chi connectivity index (χ3v) is 6.48. The Kier molecular flexibility index (Phi) is 4.29. The summed E-state index contributed by atoms with van der Waals surface area (Å²) in [5, 5.41) is 17.4. The molecule has 3 aliphatic heterocycles. The van der Waals surface area contributed by atoms with Crippen LogP contribution in [-0.4, -0.2) is 43.9 Å². The molecule has 8 heteroatoms. The molecule has 4 N–H and O–H groups in total. The summed E-state index contributed by atoms with van der Waals surface area (Å²) < 4.78 is 13.9. The Morgan fingerprint density at radius 1 is 1.06 bits per heavy atom. The molecule has 3 heterocycles. The zero-order chi connectivity index (χ0) is 20.9. The summed E-state index contributed by atoms with van der Waals surface area (Å²) in [4.78, 5) is 18.4. The SMILES string of the molecule is O=C1Nc2ccc(F)cc2/C1=C1/Nc2ccccc2/C1=N\OCCNC1[C@H]2CNC[C@@H]12. The number of fused-ring (bicyclic) bond motifs is 3. The molecule has 0 spiro atoms. The van der Waals surface area contributed by atoms with Crippen molar-refractivity contribution in [3.63, 3.8) is 0 Å². The van der Waals surface area contributed by atoms with Gasteiger partial charge in [-0.1, -0.05) is 23.4 Å². The second-order valence-corrected chi connectivity index (χ2v) is 8.30. The van der Waals surface area contributed by atoms with Crippen LogP contribution >= 0.6 is 0 Å². The van der Waals surface area contributed by atoms with E-state index in [1.54, 1.807) is 6.07 Å². The van der Waals surface area contributed by atoms with Crippen molar-refractivity contribution >= 4 is 28.6 Å². The molecule has 1 amide bonds. The Labute approximate surface area is 178 Å². The second-order valence-electron chi connectivity index (χ2n) is 8.30. The molecular formula is C23H22FN5O2. The van der Waals surface area contributed by atoms with Crippen molar-refractivity contribution < 1.29 is 14.0 Å². The van der Waals surface area contributed by atoms with Crippen molar-refractivity contribution in [2.75, 3.05) is 36.9 Å². The predicted molar refractivity (Wildman–Crippen MR) is 116 cm³/mol. The fourth-order valence-corrected chi connectivity index (χ4v) is 4.89. The lowest BCUT2D eigenvalue weighted by atomic mass is 10.0. The highest BCUT2D eigenvalue weighted by Gasteiger charge is 2.52. The van der Waals surface area contributed by atoms with Crippen LogP contribution in [0.5, 0.6) is 0 Å². The highest BCUT2D eigenvalue weighted by molar-refractivity contribution is 6.39. The summed E-state index contributed by atoms with van der Waals surface area (Å²) >= 11 is 0. The van der Waals surface area contributed by atoms with Gasteiger partial charge in [0.25, 0.3) is 5.91 Å². The number of nitrogens with one attached hydrogen (secondary N) is 4. The average Bonchev–Trinajstić information content (AvgIpc) is 3.12. The fourth-order valence-electron chi connectivity index (χ4n) is 4.89. The van der Waals surface area contributed by atoms with Crippen molar-refractivity contribution in [1.29, 1.82) is 0 Å². The van der Waals surface area contributed by atoms with Crippen molar-refractivity contribution in [1.82, 2.24) is 10.6 Å². The zero-order valence-electron chi connectivity index (χ0n) is 16.7. The number of carbonyl (C=O) groups is 1. The molecule has 1 saturated carbocycles. The standard InChI is InChI=1S/C23H22FN5O2/c24-12-5-6-18-14(9-12)19(23(30)28-18)22-21(13-3-1-2-4-17(13)27-22)29-31-8-7-26-20-15-10-25-11-16(15)20/h1-6,9,15-16,20,25-27H,7-8,10-11H2,(H,28,30)/b22-19-,29-21+/t15-,16+,20?. The monoisotopic (exact) mass is 419 g/mol. The minimum Gasteiger partial charge on any atom is -0.394 e. The topological polar surface area (TPSA) is 86.8 Å². The molecule has 6 rings (SSSR count). The minimum atomic E-state index is -0.398. The Bertz CT molecular complexity index is 1130. The van der Waals surface area contributed by atoms with E-state index in [0.717, 1.165) is 36.2 Å². The van der Waals surface area contributed by atoms with Gasteiger partial charge in [-0.2, -0.15) is 0 Å². The number of allylic oxidation sites excluding steroid dienone is 1. The van der Waals surface area contributed by atoms with Gasteiger partial charge in [0.05, 0.1) is 11.3 Å². The van der Waals surface area contributed by atoms with Crippen LogP contribution in [0.1, 0.15) is 11.1 Å². The molecular weight excluding hydrogens is 397 g/mol. The largest absolute Gasteiger partial charge is 0.394 e. The van der Waals surface area contributed by atoms with Crippen LogP contribution in [0.25, 0.3) is 5.57 Å². The molecule has 0 bridgehead atoms. The third kappa shape index (κ3) is 3.10. The summed E-state index contributed by atoms with van der Waals surface area (Å²) in [6.07, 6.45) is 0. The zero-order valence-corrected chi connectivity index (χ0v) is 16.7. The normalized spacial score (nSPS) is 28.7. The molecule has 1 unspecified atom stereocenters. The van der Waals surface area contributed by atoms with E-state index in [4.69, 9.17) is 4.84 Å². The Balaban J connectivity index is 1.26. The molecule has 4 aliphatic rings. The maximum absolute atomic E-state index is 13.9. The molecule has 1 aliphatic carbocycles. The molecule has 2 fully saturated rings. The van der Waals surface area contributed by atoms with Gasteiger partial charge in [-0.05, 0) is 49.2 Å². The van der Waals surface area contributed by atoms with Gasteiger partial charge in [0.2, 0.25) is 0 Å². The van der Waals surface area contributed by atoms with Crippen LogP contribution in [-0.2, 0) is 9.63 Å². The number of para-hydroxylation sites is 1. The van der Waals surface area contributed by atoms with E-state index in [9.17, 15) is 9.18 Å². The van der Waals surface area contributed by atoms with Gasteiger partial charge in [0, 0.05) is 35.1 Å². The highest BCUT2D eigenvalue weighted by atomic mass is 19.1. The number of nitrogens with zero attached hydrogens (tertiary/aromatic N) is 1. The number of hydrogen-bond donors (Lipinski definition) is 4. The summed E-state index contributed by atoms with van der Waals surface area (Å²) in [6, 6.07) is 12.5.